The zero-order chi connectivity index (χ0) is 12.5. The van der Waals surface area contributed by atoms with Crippen molar-refractivity contribution in [2.45, 2.75) is 6.42 Å². The van der Waals surface area contributed by atoms with E-state index < -0.39 is 0 Å². The van der Waals surface area contributed by atoms with Crippen LogP contribution in [0.25, 0.3) is 0 Å². The number of nitrogens with zero attached hydrogens (tertiary/aromatic N) is 2. The lowest BCUT2D eigenvalue weighted by atomic mass is 10.1. The van der Waals surface area contributed by atoms with Crippen molar-refractivity contribution in [3.8, 4) is 5.75 Å². The summed E-state index contributed by atoms with van der Waals surface area (Å²) in [5.41, 5.74) is 1.71. The number of carbonyl (C=O) groups is 1. The number of thiazole rings is 1. The van der Waals surface area contributed by atoms with Crippen LogP contribution in [0.4, 0.5) is 0 Å². The topological polar surface area (TPSA) is 43.6 Å². The van der Waals surface area contributed by atoms with Gasteiger partial charge in [0.05, 0.1) is 6.61 Å². The lowest BCUT2D eigenvalue weighted by Crippen LogP contribution is -2.12. The lowest BCUT2D eigenvalue weighted by molar-refractivity contribution is 0.0998. The van der Waals surface area contributed by atoms with Gasteiger partial charge in [-0.25, -0.2) is 0 Å². The fourth-order valence-electron chi connectivity index (χ4n) is 1.91. The van der Waals surface area contributed by atoms with E-state index in [2.05, 4.69) is 4.99 Å². The van der Waals surface area contributed by atoms with Gasteiger partial charge in [0.15, 0.2) is 4.80 Å². The van der Waals surface area contributed by atoms with Crippen molar-refractivity contribution < 1.29 is 9.53 Å². The quantitative estimate of drug-likeness (QED) is 0.784. The standard InChI is InChI=1S/C13H12N2O2S/c1-15-5-7-18-13(15)14-12(16)10-2-3-11-9(8-10)4-6-17-11/h2-3,5,7-8H,4,6H2,1H3. The van der Waals surface area contributed by atoms with E-state index in [1.807, 2.05) is 35.3 Å². The first-order valence-electron chi connectivity index (χ1n) is 5.69. The van der Waals surface area contributed by atoms with E-state index in [1.54, 1.807) is 6.07 Å². The number of hydrogen-bond acceptors (Lipinski definition) is 3. The van der Waals surface area contributed by atoms with Gasteiger partial charge in [0.2, 0.25) is 0 Å². The Morgan fingerprint density at radius 1 is 1.50 bits per heavy atom. The Morgan fingerprint density at radius 3 is 3.17 bits per heavy atom. The van der Waals surface area contributed by atoms with Gasteiger partial charge in [0.1, 0.15) is 5.75 Å². The van der Waals surface area contributed by atoms with Crippen LogP contribution >= 0.6 is 11.3 Å². The summed E-state index contributed by atoms with van der Waals surface area (Å²) in [5, 5.41) is 1.91. The number of carbonyl (C=O) groups excluding carboxylic acids is 1. The first kappa shape index (κ1) is 11.2. The van der Waals surface area contributed by atoms with Crippen LogP contribution in [0.15, 0.2) is 34.8 Å². The van der Waals surface area contributed by atoms with Crippen LogP contribution in [-0.2, 0) is 13.5 Å². The van der Waals surface area contributed by atoms with Crippen molar-refractivity contribution >= 4 is 17.2 Å². The summed E-state index contributed by atoms with van der Waals surface area (Å²) in [5.74, 6) is 0.677. The van der Waals surface area contributed by atoms with Gasteiger partial charge < -0.3 is 9.30 Å². The van der Waals surface area contributed by atoms with E-state index in [4.69, 9.17) is 4.74 Å². The van der Waals surface area contributed by atoms with Crippen LogP contribution in [0.3, 0.4) is 0 Å². The monoisotopic (exact) mass is 260 g/mol. The fraction of sp³-hybridized carbons (Fsp3) is 0.231. The lowest BCUT2D eigenvalue weighted by Gasteiger charge is -2.00. The molecule has 0 fully saturated rings. The molecule has 1 aliphatic heterocycles. The molecule has 4 nitrogen and oxygen atoms in total. The number of fused-ring (bicyclic) bond motifs is 1. The Kier molecular flexibility index (Phi) is 2.76. The second kappa shape index (κ2) is 4.42. The van der Waals surface area contributed by atoms with Crippen LogP contribution in [0.5, 0.6) is 5.75 Å². The van der Waals surface area contributed by atoms with Crippen LogP contribution in [0, 0.1) is 0 Å². The molecule has 1 aliphatic rings. The van der Waals surface area contributed by atoms with Crippen molar-refractivity contribution in [1.29, 1.82) is 0 Å². The highest BCUT2D eigenvalue weighted by molar-refractivity contribution is 7.07. The van der Waals surface area contributed by atoms with Crippen LogP contribution in [0.1, 0.15) is 15.9 Å². The molecule has 0 saturated carbocycles. The van der Waals surface area contributed by atoms with E-state index in [0.29, 0.717) is 17.0 Å². The maximum absolute atomic E-state index is 12.0. The van der Waals surface area contributed by atoms with E-state index in [9.17, 15) is 4.79 Å². The molecule has 2 aromatic rings. The molecule has 0 bridgehead atoms. The highest BCUT2D eigenvalue weighted by Gasteiger charge is 2.14. The number of benzene rings is 1. The molecule has 0 aliphatic carbocycles. The highest BCUT2D eigenvalue weighted by Crippen LogP contribution is 2.25. The van der Waals surface area contributed by atoms with Gasteiger partial charge in [-0.3, -0.25) is 4.79 Å². The van der Waals surface area contributed by atoms with Crippen LogP contribution in [0.2, 0.25) is 0 Å². The molecule has 0 atom stereocenters. The number of ether oxygens (including phenoxy) is 1. The Labute approximate surface area is 108 Å². The number of hydrogen-bond donors (Lipinski definition) is 0. The van der Waals surface area contributed by atoms with Gasteiger partial charge in [-0.15, -0.1) is 11.3 Å². The minimum Gasteiger partial charge on any atom is -0.493 e. The normalized spacial score (nSPS) is 14.4. The molecule has 0 spiro atoms. The predicted octanol–water partition coefficient (Wildman–Crippen LogP) is 1.76. The summed E-state index contributed by atoms with van der Waals surface area (Å²) in [6, 6.07) is 5.49. The summed E-state index contributed by atoms with van der Waals surface area (Å²) in [6.45, 7) is 0.698. The molecule has 1 amide bonds. The largest absolute Gasteiger partial charge is 0.493 e. The molecule has 1 aromatic carbocycles. The number of aryl methyl sites for hydroxylation is 1. The first-order valence-corrected chi connectivity index (χ1v) is 6.57. The van der Waals surface area contributed by atoms with Gasteiger partial charge in [0, 0.05) is 30.6 Å². The molecule has 0 N–H and O–H groups in total. The minimum atomic E-state index is -0.206. The Hall–Kier alpha value is -1.88. The van der Waals surface area contributed by atoms with E-state index >= 15 is 0 Å². The SMILES string of the molecule is Cn1ccsc1=NC(=O)c1ccc2c(c1)CCO2. The molecule has 18 heavy (non-hydrogen) atoms. The highest BCUT2D eigenvalue weighted by atomic mass is 32.1. The zero-order valence-electron chi connectivity index (χ0n) is 9.92. The molecule has 2 heterocycles. The van der Waals surface area contributed by atoms with Gasteiger partial charge in [-0.1, -0.05) is 0 Å². The molecular weight excluding hydrogens is 248 g/mol. The molecule has 0 radical (unpaired) electrons. The van der Waals surface area contributed by atoms with E-state index in [-0.39, 0.29) is 5.91 Å². The van der Waals surface area contributed by atoms with Crippen molar-refractivity contribution in [2.75, 3.05) is 6.61 Å². The molecule has 3 rings (SSSR count). The van der Waals surface area contributed by atoms with Crippen LogP contribution in [-0.4, -0.2) is 17.1 Å². The number of rotatable bonds is 1. The number of amides is 1. The van der Waals surface area contributed by atoms with Crippen molar-refractivity contribution in [1.82, 2.24) is 4.57 Å². The Bertz CT molecular complexity index is 670. The Balaban J connectivity index is 1.96. The zero-order valence-corrected chi connectivity index (χ0v) is 10.7. The maximum Gasteiger partial charge on any atom is 0.279 e. The minimum absolute atomic E-state index is 0.206. The van der Waals surface area contributed by atoms with Gasteiger partial charge in [-0.05, 0) is 23.8 Å². The third kappa shape index (κ3) is 1.97. The average molecular weight is 260 g/mol. The Morgan fingerprint density at radius 2 is 2.39 bits per heavy atom. The smallest absolute Gasteiger partial charge is 0.279 e. The van der Waals surface area contributed by atoms with Crippen molar-refractivity contribution in [3.05, 3.63) is 45.7 Å². The van der Waals surface area contributed by atoms with Gasteiger partial charge >= 0.3 is 0 Å². The fourth-order valence-corrected chi connectivity index (χ4v) is 2.63. The maximum atomic E-state index is 12.0. The number of aromatic nitrogens is 1. The van der Waals surface area contributed by atoms with Crippen molar-refractivity contribution in [3.63, 3.8) is 0 Å². The second-order valence-electron chi connectivity index (χ2n) is 4.13. The summed E-state index contributed by atoms with van der Waals surface area (Å²) >= 11 is 1.45. The van der Waals surface area contributed by atoms with Crippen LogP contribution < -0.4 is 9.54 Å². The third-order valence-corrected chi connectivity index (χ3v) is 3.74. The van der Waals surface area contributed by atoms with Gasteiger partial charge in [0.25, 0.3) is 5.91 Å². The summed E-state index contributed by atoms with van der Waals surface area (Å²) in [4.78, 5) is 16.9. The molecule has 0 saturated heterocycles. The summed E-state index contributed by atoms with van der Waals surface area (Å²) in [7, 11) is 1.87. The molecule has 5 heteroatoms. The molecule has 92 valence electrons. The molecule has 0 unspecified atom stereocenters. The van der Waals surface area contributed by atoms with Crippen molar-refractivity contribution in [2.24, 2.45) is 12.0 Å². The summed E-state index contributed by atoms with van der Waals surface area (Å²) < 4.78 is 7.25. The van der Waals surface area contributed by atoms with Gasteiger partial charge in [-0.2, -0.15) is 4.99 Å². The molecule has 1 aromatic heterocycles. The second-order valence-corrected chi connectivity index (χ2v) is 5.01. The summed E-state index contributed by atoms with van der Waals surface area (Å²) in [6.07, 6.45) is 2.75. The van der Waals surface area contributed by atoms with E-state index in [0.717, 1.165) is 17.7 Å². The third-order valence-electron chi connectivity index (χ3n) is 2.89. The first-order chi connectivity index (χ1) is 8.74. The van der Waals surface area contributed by atoms with E-state index in [1.165, 1.54) is 11.3 Å². The predicted molar refractivity (Wildman–Crippen MR) is 68.8 cm³/mol. The average Bonchev–Trinajstić information content (AvgIpc) is 2.98. The molecular formula is C13H12N2O2S.